The van der Waals surface area contributed by atoms with Gasteiger partial charge in [-0.1, -0.05) is 20.8 Å². The molecule has 25 heavy (non-hydrogen) atoms. The van der Waals surface area contributed by atoms with Crippen molar-refractivity contribution in [2.24, 2.45) is 0 Å². The molecule has 1 amide bonds. The third-order valence-corrected chi connectivity index (χ3v) is 9.38. The van der Waals surface area contributed by atoms with Crippen LogP contribution in [0.5, 0.6) is 0 Å². The molecule has 1 saturated heterocycles. The van der Waals surface area contributed by atoms with Crippen molar-refractivity contribution in [3.8, 4) is 0 Å². The molecule has 1 unspecified atom stereocenters. The first-order chi connectivity index (χ1) is 11.2. The lowest BCUT2D eigenvalue weighted by Crippen LogP contribution is -2.53. The van der Waals surface area contributed by atoms with Gasteiger partial charge in [-0.15, -0.1) is 0 Å². The molecular weight excluding hydrogens is 338 g/mol. The van der Waals surface area contributed by atoms with Crippen LogP contribution in [0.1, 0.15) is 48.0 Å². The van der Waals surface area contributed by atoms with Gasteiger partial charge in [-0.25, -0.2) is 4.79 Å². The molecule has 1 N–H and O–H groups in total. The van der Waals surface area contributed by atoms with E-state index in [2.05, 4.69) is 39.2 Å². The number of carbonyl (C=O) groups excluding carboxylic acids is 1. The summed E-state index contributed by atoms with van der Waals surface area (Å²) in [5.74, 6) is 0. The van der Waals surface area contributed by atoms with Crippen LogP contribution in [0.3, 0.4) is 0 Å². The van der Waals surface area contributed by atoms with E-state index in [0.717, 1.165) is 0 Å². The molecule has 0 spiro atoms. The van der Waals surface area contributed by atoms with Crippen LogP contribution in [0, 0.1) is 0 Å². The molecule has 6 nitrogen and oxygen atoms in total. The third kappa shape index (κ3) is 7.25. The molecule has 0 saturated carbocycles. The van der Waals surface area contributed by atoms with Crippen molar-refractivity contribution < 1.29 is 23.4 Å². The van der Waals surface area contributed by atoms with Crippen LogP contribution in [0.15, 0.2) is 0 Å². The quantitative estimate of drug-likeness (QED) is 0.742. The zero-order valence-corrected chi connectivity index (χ0v) is 18.4. The lowest BCUT2D eigenvalue weighted by Gasteiger charge is -2.40. The third-order valence-electron chi connectivity index (χ3n) is 4.88. The molecule has 1 aliphatic heterocycles. The minimum Gasteiger partial charge on any atom is -0.444 e. The zero-order valence-electron chi connectivity index (χ0n) is 17.4. The lowest BCUT2D eigenvalue weighted by atomic mass is 10.0. The van der Waals surface area contributed by atoms with Crippen molar-refractivity contribution in [2.45, 2.75) is 89.9 Å². The van der Waals surface area contributed by atoms with Gasteiger partial charge < -0.3 is 24.0 Å². The Balaban J connectivity index is 2.54. The van der Waals surface area contributed by atoms with E-state index in [1.807, 2.05) is 20.8 Å². The van der Waals surface area contributed by atoms with Crippen molar-refractivity contribution in [3.63, 3.8) is 0 Å². The SMILES string of the molecule is COC1C[C@@H](NC(=O)OC(C)(C)C)CO[C@@H]1CO[Si](C)(C)C(C)(C)C. The van der Waals surface area contributed by atoms with Crippen molar-refractivity contribution >= 4 is 14.4 Å². The van der Waals surface area contributed by atoms with E-state index < -0.39 is 20.0 Å². The highest BCUT2D eigenvalue weighted by atomic mass is 28.4. The topological polar surface area (TPSA) is 66.0 Å². The second kappa shape index (κ2) is 8.37. The van der Waals surface area contributed by atoms with Gasteiger partial charge in [-0.05, 0) is 45.3 Å². The number of amides is 1. The number of methoxy groups -OCH3 is 1. The molecule has 0 aromatic carbocycles. The summed E-state index contributed by atoms with van der Waals surface area (Å²) in [7, 11) is -0.157. The van der Waals surface area contributed by atoms with Crippen LogP contribution in [-0.2, 0) is 18.6 Å². The van der Waals surface area contributed by atoms with Gasteiger partial charge in [0.15, 0.2) is 8.32 Å². The Morgan fingerprint density at radius 1 is 1.20 bits per heavy atom. The minimum absolute atomic E-state index is 0.113. The van der Waals surface area contributed by atoms with E-state index in [9.17, 15) is 4.79 Å². The second-order valence-electron chi connectivity index (χ2n) is 9.30. The van der Waals surface area contributed by atoms with E-state index in [4.69, 9.17) is 18.6 Å². The smallest absolute Gasteiger partial charge is 0.407 e. The van der Waals surface area contributed by atoms with Crippen LogP contribution in [0.4, 0.5) is 4.79 Å². The molecule has 0 radical (unpaired) electrons. The van der Waals surface area contributed by atoms with Crippen LogP contribution in [0.25, 0.3) is 0 Å². The fourth-order valence-corrected chi connectivity index (χ4v) is 3.35. The minimum atomic E-state index is -1.83. The summed E-state index contributed by atoms with van der Waals surface area (Å²) in [5.41, 5.74) is -0.514. The first kappa shape index (κ1) is 22.4. The van der Waals surface area contributed by atoms with E-state index >= 15 is 0 Å². The Hall–Kier alpha value is -0.633. The van der Waals surface area contributed by atoms with Gasteiger partial charge >= 0.3 is 6.09 Å². The molecule has 148 valence electrons. The number of hydrogen-bond donors (Lipinski definition) is 1. The van der Waals surface area contributed by atoms with Crippen LogP contribution >= 0.6 is 0 Å². The summed E-state index contributed by atoms with van der Waals surface area (Å²) in [5, 5.41) is 3.02. The Kier molecular flexibility index (Phi) is 7.50. The van der Waals surface area contributed by atoms with E-state index in [-0.39, 0.29) is 23.3 Å². The Morgan fingerprint density at radius 2 is 1.80 bits per heavy atom. The first-order valence-corrected chi connectivity index (χ1v) is 11.9. The Morgan fingerprint density at radius 3 is 2.28 bits per heavy atom. The number of rotatable bonds is 5. The molecule has 3 atom stereocenters. The molecule has 0 aromatic rings. The predicted molar refractivity (Wildman–Crippen MR) is 101 cm³/mol. The summed E-state index contributed by atoms with van der Waals surface area (Å²) in [6, 6.07) is -0.121. The molecule has 1 fully saturated rings. The summed E-state index contributed by atoms with van der Waals surface area (Å²) in [6.45, 7) is 17.6. The van der Waals surface area contributed by atoms with E-state index in [1.165, 1.54) is 0 Å². The fraction of sp³-hybridized carbons (Fsp3) is 0.944. The van der Waals surface area contributed by atoms with Gasteiger partial charge in [0.1, 0.15) is 11.7 Å². The van der Waals surface area contributed by atoms with Gasteiger partial charge in [-0.3, -0.25) is 0 Å². The molecular formula is C18H37NO5Si. The summed E-state index contributed by atoms with van der Waals surface area (Å²) >= 11 is 0. The van der Waals surface area contributed by atoms with Gasteiger partial charge in [0.05, 0.1) is 25.4 Å². The average molecular weight is 376 g/mol. The first-order valence-electron chi connectivity index (χ1n) is 9.03. The van der Waals surface area contributed by atoms with Gasteiger partial charge in [-0.2, -0.15) is 0 Å². The van der Waals surface area contributed by atoms with E-state index in [0.29, 0.717) is 19.6 Å². The molecule has 0 aliphatic carbocycles. The number of nitrogens with one attached hydrogen (secondary N) is 1. The lowest BCUT2D eigenvalue weighted by molar-refractivity contribution is -0.117. The molecule has 7 heteroatoms. The van der Waals surface area contributed by atoms with Crippen molar-refractivity contribution in [3.05, 3.63) is 0 Å². The summed E-state index contributed by atoms with van der Waals surface area (Å²) in [4.78, 5) is 11.9. The Labute approximate surface area is 154 Å². The summed E-state index contributed by atoms with van der Waals surface area (Å²) < 4.78 is 23.1. The largest absolute Gasteiger partial charge is 0.444 e. The highest BCUT2D eigenvalue weighted by Gasteiger charge is 2.40. The van der Waals surface area contributed by atoms with Crippen LogP contribution in [-0.4, -0.2) is 58.6 Å². The van der Waals surface area contributed by atoms with Crippen LogP contribution in [0.2, 0.25) is 18.1 Å². The normalized spacial score (nSPS) is 25.6. The van der Waals surface area contributed by atoms with Crippen molar-refractivity contribution in [1.82, 2.24) is 5.32 Å². The standard InChI is InChI=1S/C18H37NO5Si/c1-17(2,3)24-16(20)19-13-10-14(21-7)15(22-11-13)12-23-25(8,9)18(4,5)6/h13-15H,10-12H2,1-9H3,(H,19,20)/t13-,14?,15-/m1/s1. The van der Waals surface area contributed by atoms with E-state index in [1.54, 1.807) is 7.11 Å². The summed E-state index contributed by atoms with van der Waals surface area (Å²) in [6.07, 6.45) is 0.0301. The molecule has 0 bridgehead atoms. The van der Waals surface area contributed by atoms with Crippen LogP contribution < -0.4 is 5.32 Å². The highest BCUT2D eigenvalue weighted by Crippen LogP contribution is 2.37. The number of alkyl carbamates (subject to hydrolysis) is 1. The maximum Gasteiger partial charge on any atom is 0.407 e. The number of ether oxygens (including phenoxy) is 3. The number of carbonyl (C=O) groups is 1. The fourth-order valence-electron chi connectivity index (χ4n) is 2.33. The average Bonchev–Trinajstić information content (AvgIpc) is 2.42. The Bertz CT molecular complexity index is 442. The molecule has 0 aromatic heterocycles. The molecule has 1 rings (SSSR count). The monoisotopic (exact) mass is 375 g/mol. The van der Waals surface area contributed by atoms with Gasteiger partial charge in [0, 0.05) is 7.11 Å². The predicted octanol–water partition coefficient (Wildman–Crippen LogP) is 3.71. The maximum atomic E-state index is 11.9. The maximum absolute atomic E-state index is 11.9. The number of hydrogen-bond acceptors (Lipinski definition) is 5. The molecule has 1 aliphatic rings. The van der Waals surface area contributed by atoms with Crippen molar-refractivity contribution in [2.75, 3.05) is 20.3 Å². The van der Waals surface area contributed by atoms with Gasteiger partial charge in [0.25, 0.3) is 0 Å². The zero-order chi connectivity index (χ0) is 19.5. The molecule has 1 heterocycles. The highest BCUT2D eigenvalue weighted by molar-refractivity contribution is 6.74. The van der Waals surface area contributed by atoms with Gasteiger partial charge in [0.2, 0.25) is 0 Å². The second-order valence-corrected chi connectivity index (χ2v) is 14.1. The van der Waals surface area contributed by atoms with Crippen molar-refractivity contribution in [1.29, 1.82) is 0 Å².